The number of hydrogen-bond donors (Lipinski definition) is 0. The van der Waals surface area contributed by atoms with Crippen LogP contribution >= 0.6 is 0 Å². The molecule has 0 amide bonds. The molecular weight excluding hydrogens is 333 g/mol. The van der Waals surface area contributed by atoms with Crippen molar-refractivity contribution in [3.63, 3.8) is 0 Å². The van der Waals surface area contributed by atoms with Crippen LogP contribution in [0.1, 0.15) is 34.7 Å². The van der Waals surface area contributed by atoms with Gasteiger partial charge in [-0.2, -0.15) is 0 Å². The van der Waals surface area contributed by atoms with Crippen molar-refractivity contribution < 1.29 is 13.2 Å². The van der Waals surface area contributed by atoms with E-state index in [2.05, 4.69) is 37.0 Å². The van der Waals surface area contributed by atoms with Crippen LogP contribution in [0.25, 0.3) is 11.1 Å². The average molecular weight is 348 g/mol. The molecule has 0 saturated carbocycles. The Balaban J connectivity index is 1.66. The maximum absolute atomic E-state index is 13.3. The lowest BCUT2D eigenvalue weighted by molar-refractivity contribution is 0.446. The van der Waals surface area contributed by atoms with E-state index in [1.165, 1.54) is 27.8 Å². The van der Waals surface area contributed by atoms with Gasteiger partial charge in [-0.15, -0.1) is 0 Å². The molecule has 0 saturated heterocycles. The summed E-state index contributed by atoms with van der Waals surface area (Å²) in [5.74, 6) is 1.67. The summed E-state index contributed by atoms with van der Waals surface area (Å²) < 4.78 is 39.6. The summed E-state index contributed by atoms with van der Waals surface area (Å²) in [4.78, 5) is 0. The molecule has 0 nitrogen and oxygen atoms in total. The summed E-state index contributed by atoms with van der Waals surface area (Å²) in [5.41, 5.74) is 7.14. The van der Waals surface area contributed by atoms with Gasteiger partial charge in [-0.3, -0.25) is 0 Å². The maximum Gasteiger partial charge on any atom is 0.194 e. The van der Waals surface area contributed by atoms with Gasteiger partial charge in [0.2, 0.25) is 0 Å². The molecule has 3 aromatic carbocycles. The lowest BCUT2D eigenvalue weighted by Crippen LogP contribution is -1.91. The largest absolute Gasteiger partial charge is 0.204 e. The highest BCUT2D eigenvalue weighted by atomic mass is 19.2. The van der Waals surface area contributed by atoms with Crippen molar-refractivity contribution in [1.29, 1.82) is 0 Å². The minimum absolute atomic E-state index is 0.109. The highest BCUT2D eigenvalue weighted by Gasteiger charge is 2.18. The van der Waals surface area contributed by atoms with Gasteiger partial charge < -0.3 is 0 Å². The summed E-state index contributed by atoms with van der Waals surface area (Å²) in [6.07, 6.45) is 1.86. The van der Waals surface area contributed by atoms with Crippen LogP contribution in [0.3, 0.4) is 0 Å². The summed E-state index contributed by atoms with van der Waals surface area (Å²) in [5, 5.41) is 0. The van der Waals surface area contributed by atoms with Crippen molar-refractivity contribution in [1.82, 2.24) is 0 Å². The summed E-state index contributed by atoms with van der Waals surface area (Å²) >= 11 is 0. The second-order valence-corrected chi connectivity index (χ2v) is 6.40. The van der Waals surface area contributed by atoms with E-state index >= 15 is 0 Å². The van der Waals surface area contributed by atoms with Gasteiger partial charge in [0.25, 0.3) is 0 Å². The van der Waals surface area contributed by atoms with Crippen molar-refractivity contribution in [3.05, 3.63) is 93.8 Å². The fraction of sp³-hybridized carbons (Fsp3) is 0.130. The molecule has 128 valence electrons. The Morgan fingerprint density at radius 1 is 0.769 bits per heavy atom. The van der Waals surface area contributed by atoms with Crippen LogP contribution in [0, 0.1) is 29.3 Å². The minimum atomic E-state index is -1.47. The van der Waals surface area contributed by atoms with E-state index in [1.54, 1.807) is 0 Å². The normalized spacial score (nSPS) is 11.5. The first-order chi connectivity index (χ1) is 12.5. The number of hydrogen-bond acceptors (Lipinski definition) is 0. The Kier molecular flexibility index (Phi) is 4.05. The highest BCUT2D eigenvalue weighted by molar-refractivity contribution is 5.77. The van der Waals surface area contributed by atoms with Crippen molar-refractivity contribution >= 4 is 0 Å². The van der Waals surface area contributed by atoms with Crippen LogP contribution in [-0.2, 0) is 12.8 Å². The molecule has 0 heterocycles. The summed E-state index contributed by atoms with van der Waals surface area (Å²) in [6, 6.07) is 14.3. The molecule has 1 aliphatic rings. The zero-order valence-electron chi connectivity index (χ0n) is 14.2. The molecule has 26 heavy (non-hydrogen) atoms. The number of halogens is 3. The Morgan fingerprint density at radius 3 is 2.08 bits per heavy atom. The standard InChI is InChI=1S/C23H15F3/c1-2-14-5-7-19-17(9-14)13-18-10-15(6-8-20(18)19)3-4-16-11-21(24)23(26)22(25)12-16/h5-12H,2,13H2,1H3. The van der Waals surface area contributed by atoms with Crippen LogP contribution in [0.15, 0.2) is 48.5 Å². The van der Waals surface area contributed by atoms with Crippen LogP contribution in [0.2, 0.25) is 0 Å². The quantitative estimate of drug-likeness (QED) is 0.309. The predicted molar refractivity (Wildman–Crippen MR) is 96.4 cm³/mol. The van der Waals surface area contributed by atoms with Gasteiger partial charge in [-0.25, -0.2) is 13.2 Å². The molecule has 3 heteroatoms. The van der Waals surface area contributed by atoms with E-state index in [1.807, 2.05) is 18.2 Å². The Bertz CT molecular complexity index is 1060. The molecule has 0 fully saturated rings. The van der Waals surface area contributed by atoms with Crippen LogP contribution in [0.4, 0.5) is 13.2 Å². The van der Waals surface area contributed by atoms with Crippen molar-refractivity contribution in [2.24, 2.45) is 0 Å². The monoisotopic (exact) mass is 348 g/mol. The molecule has 4 rings (SSSR count). The van der Waals surface area contributed by atoms with Gasteiger partial charge in [-0.05, 0) is 64.9 Å². The summed E-state index contributed by atoms with van der Waals surface area (Å²) in [7, 11) is 0. The van der Waals surface area contributed by atoms with E-state index < -0.39 is 17.5 Å². The average Bonchev–Trinajstić information content (AvgIpc) is 3.00. The van der Waals surface area contributed by atoms with Gasteiger partial charge in [0.05, 0.1) is 0 Å². The van der Waals surface area contributed by atoms with E-state index in [9.17, 15) is 13.2 Å². The van der Waals surface area contributed by atoms with Gasteiger partial charge in [0.15, 0.2) is 17.5 Å². The number of rotatable bonds is 1. The van der Waals surface area contributed by atoms with Crippen molar-refractivity contribution in [2.45, 2.75) is 19.8 Å². The number of benzene rings is 3. The van der Waals surface area contributed by atoms with Crippen molar-refractivity contribution in [3.8, 4) is 23.0 Å². The van der Waals surface area contributed by atoms with Gasteiger partial charge >= 0.3 is 0 Å². The molecule has 0 aliphatic heterocycles. The van der Waals surface area contributed by atoms with Gasteiger partial charge in [-0.1, -0.05) is 43.0 Å². The fourth-order valence-electron chi connectivity index (χ4n) is 3.33. The van der Waals surface area contributed by atoms with E-state index in [-0.39, 0.29) is 5.56 Å². The molecule has 0 radical (unpaired) electrons. The van der Waals surface area contributed by atoms with Gasteiger partial charge in [0, 0.05) is 11.1 Å². The molecular formula is C23H15F3. The zero-order valence-corrected chi connectivity index (χ0v) is 14.2. The first kappa shape index (κ1) is 16.5. The lowest BCUT2D eigenvalue weighted by Gasteiger charge is -2.03. The van der Waals surface area contributed by atoms with Crippen molar-refractivity contribution in [2.75, 3.05) is 0 Å². The molecule has 0 unspecified atom stereocenters. The van der Waals surface area contributed by atoms with Gasteiger partial charge in [0.1, 0.15) is 0 Å². The lowest BCUT2D eigenvalue weighted by atomic mass is 10.0. The maximum atomic E-state index is 13.3. The topological polar surface area (TPSA) is 0 Å². The zero-order chi connectivity index (χ0) is 18.3. The van der Waals surface area contributed by atoms with E-state index in [0.717, 1.165) is 30.5 Å². The predicted octanol–water partition coefficient (Wildman–Crippen LogP) is 5.64. The molecule has 0 atom stereocenters. The first-order valence-electron chi connectivity index (χ1n) is 8.47. The fourth-order valence-corrected chi connectivity index (χ4v) is 3.33. The van der Waals surface area contributed by atoms with E-state index in [0.29, 0.717) is 0 Å². The first-order valence-corrected chi connectivity index (χ1v) is 8.47. The third kappa shape index (κ3) is 2.88. The molecule has 0 N–H and O–H groups in total. The van der Waals surface area contributed by atoms with E-state index in [4.69, 9.17) is 0 Å². The SMILES string of the molecule is CCc1ccc2c(c1)Cc1cc(C#Cc3cc(F)c(F)c(F)c3)ccc1-2. The second kappa shape index (κ2) is 6.38. The molecule has 0 bridgehead atoms. The highest BCUT2D eigenvalue weighted by Crippen LogP contribution is 2.37. The number of fused-ring (bicyclic) bond motifs is 3. The second-order valence-electron chi connectivity index (χ2n) is 6.40. The Morgan fingerprint density at radius 2 is 1.38 bits per heavy atom. The third-order valence-corrected chi connectivity index (χ3v) is 4.69. The summed E-state index contributed by atoms with van der Waals surface area (Å²) in [6.45, 7) is 2.14. The van der Waals surface area contributed by atoms with Crippen LogP contribution < -0.4 is 0 Å². The smallest absolute Gasteiger partial charge is 0.194 e. The molecule has 1 aliphatic carbocycles. The Hall–Kier alpha value is -2.99. The minimum Gasteiger partial charge on any atom is -0.204 e. The van der Waals surface area contributed by atoms with Crippen LogP contribution in [0.5, 0.6) is 0 Å². The molecule has 3 aromatic rings. The third-order valence-electron chi connectivity index (χ3n) is 4.69. The Labute approximate surface area is 150 Å². The number of aryl methyl sites for hydroxylation is 1. The van der Waals surface area contributed by atoms with Crippen LogP contribution in [-0.4, -0.2) is 0 Å². The molecule has 0 aromatic heterocycles. The molecule has 0 spiro atoms.